The van der Waals surface area contributed by atoms with E-state index in [4.69, 9.17) is 0 Å². The van der Waals surface area contributed by atoms with Gasteiger partial charge in [0.25, 0.3) is 0 Å². The summed E-state index contributed by atoms with van der Waals surface area (Å²) in [6.45, 7) is 5.57. The van der Waals surface area contributed by atoms with Crippen LogP contribution >= 0.6 is 11.3 Å². The van der Waals surface area contributed by atoms with Crippen molar-refractivity contribution in [2.45, 2.75) is 33.6 Å². The molecule has 0 saturated heterocycles. The van der Waals surface area contributed by atoms with Gasteiger partial charge in [-0.05, 0) is 31.4 Å². The van der Waals surface area contributed by atoms with Crippen molar-refractivity contribution in [3.63, 3.8) is 0 Å². The zero-order valence-corrected chi connectivity index (χ0v) is 13.5. The smallest absolute Gasteiger partial charge is 0.231 e. The predicted molar refractivity (Wildman–Crippen MR) is 84.1 cm³/mol. The second-order valence-electron chi connectivity index (χ2n) is 5.00. The molecule has 5 nitrogen and oxygen atoms in total. The normalized spacial score (nSPS) is 10.5. The van der Waals surface area contributed by atoms with E-state index in [9.17, 15) is 14.7 Å². The zero-order valence-electron chi connectivity index (χ0n) is 12.7. The molecule has 0 saturated carbocycles. The van der Waals surface area contributed by atoms with E-state index in [-0.39, 0.29) is 17.2 Å². The number of hydrogen-bond acceptors (Lipinski definition) is 5. The fourth-order valence-electron chi connectivity index (χ4n) is 2.24. The van der Waals surface area contributed by atoms with Gasteiger partial charge >= 0.3 is 0 Å². The summed E-state index contributed by atoms with van der Waals surface area (Å²) >= 11 is 0.987. The molecular weight excluding hydrogens is 300 g/mol. The van der Waals surface area contributed by atoms with E-state index >= 15 is 0 Å². The highest BCUT2D eigenvalue weighted by Crippen LogP contribution is 2.22. The molecule has 0 atom stereocenters. The molecule has 1 heterocycles. The van der Waals surface area contributed by atoms with Crippen LogP contribution in [0.2, 0.25) is 0 Å². The number of aromatic nitrogens is 1. The number of amides is 1. The van der Waals surface area contributed by atoms with Crippen molar-refractivity contribution in [3.8, 4) is 0 Å². The van der Waals surface area contributed by atoms with Crippen LogP contribution in [0.4, 0.5) is 5.69 Å². The minimum Gasteiger partial charge on any atom is -0.544 e. The molecule has 6 heteroatoms. The quantitative estimate of drug-likeness (QED) is 0.912. The second-order valence-corrected chi connectivity index (χ2v) is 6.08. The molecule has 0 bridgehead atoms. The monoisotopic (exact) mass is 317 g/mol. The van der Waals surface area contributed by atoms with Crippen LogP contribution < -0.4 is 10.4 Å². The first kappa shape index (κ1) is 16.2. The fraction of sp³-hybridized carbons (Fsp3) is 0.312. The van der Waals surface area contributed by atoms with E-state index in [2.05, 4.69) is 10.3 Å². The highest BCUT2D eigenvalue weighted by Gasteiger charge is 2.14. The molecule has 2 aromatic rings. The summed E-state index contributed by atoms with van der Waals surface area (Å²) in [4.78, 5) is 27.3. The van der Waals surface area contributed by atoms with E-state index < -0.39 is 5.97 Å². The van der Waals surface area contributed by atoms with Crippen molar-refractivity contribution in [2.24, 2.45) is 0 Å². The molecule has 0 unspecified atom stereocenters. The molecule has 116 valence electrons. The van der Waals surface area contributed by atoms with E-state index in [1.165, 1.54) is 0 Å². The standard InChI is InChI=1S/C16H18N2O3S/c1-4-11-7-5-6-9(2)14(11)18-12(19)8-13-17-10(3)15(22-13)16(20)21/h5-7H,4,8H2,1-3H3,(H,18,19)(H,20,21)/p-1. The van der Waals surface area contributed by atoms with Crippen LogP contribution in [0.3, 0.4) is 0 Å². The van der Waals surface area contributed by atoms with Crippen molar-refractivity contribution in [1.29, 1.82) is 0 Å². The summed E-state index contributed by atoms with van der Waals surface area (Å²) in [5, 5.41) is 14.3. The molecule has 1 aromatic heterocycles. The third kappa shape index (κ3) is 3.51. The Hall–Kier alpha value is -2.21. The van der Waals surface area contributed by atoms with Gasteiger partial charge in [-0.2, -0.15) is 0 Å². The predicted octanol–water partition coefficient (Wildman–Crippen LogP) is 1.87. The van der Waals surface area contributed by atoms with Gasteiger partial charge < -0.3 is 15.2 Å². The van der Waals surface area contributed by atoms with Gasteiger partial charge in [0.05, 0.1) is 23.0 Å². The summed E-state index contributed by atoms with van der Waals surface area (Å²) in [6.07, 6.45) is 0.874. The first-order chi connectivity index (χ1) is 10.4. The minimum atomic E-state index is -1.26. The number of carboxylic acids is 1. The summed E-state index contributed by atoms with van der Waals surface area (Å²) in [7, 11) is 0. The maximum atomic E-state index is 12.2. The summed E-state index contributed by atoms with van der Waals surface area (Å²) in [6, 6.07) is 5.88. The van der Waals surface area contributed by atoms with Gasteiger partial charge in [-0.15, -0.1) is 11.3 Å². The van der Waals surface area contributed by atoms with Crippen LogP contribution in [-0.2, 0) is 17.6 Å². The fourth-order valence-corrected chi connectivity index (χ4v) is 3.14. The Morgan fingerprint density at radius 1 is 1.32 bits per heavy atom. The van der Waals surface area contributed by atoms with Crippen LogP contribution in [0.1, 0.15) is 38.4 Å². The lowest BCUT2D eigenvalue weighted by molar-refractivity contribution is -0.254. The SMILES string of the molecule is CCc1cccc(C)c1NC(=O)Cc1nc(C)c(C(=O)[O-])s1. The average Bonchev–Trinajstić information content (AvgIpc) is 2.81. The van der Waals surface area contributed by atoms with Crippen LogP contribution in [0.15, 0.2) is 18.2 Å². The number of nitrogens with zero attached hydrogens (tertiary/aromatic N) is 1. The van der Waals surface area contributed by atoms with Gasteiger partial charge in [0.1, 0.15) is 5.01 Å². The van der Waals surface area contributed by atoms with E-state index in [0.717, 1.165) is 34.6 Å². The Balaban J connectivity index is 2.14. The molecule has 22 heavy (non-hydrogen) atoms. The number of carboxylic acid groups (broad SMARTS) is 1. The first-order valence-corrected chi connectivity index (χ1v) is 7.80. The number of thiazole rings is 1. The molecular formula is C16H17N2O3S-. The molecule has 2 rings (SSSR count). The lowest BCUT2D eigenvalue weighted by atomic mass is 10.1. The van der Waals surface area contributed by atoms with Crippen molar-refractivity contribution in [1.82, 2.24) is 4.98 Å². The van der Waals surface area contributed by atoms with Crippen LogP contribution in [-0.4, -0.2) is 16.9 Å². The van der Waals surface area contributed by atoms with E-state index in [0.29, 0.717) is 10.7 Å². The highest BCUT2D eigenvalue weighted by molar-refractivity contribution is 7.13. The van der Waals surface area contributed by atoms with Crippen molar-refractivity contribution < 1.29 is 14.7 Å². The lowest BCUT2D eigenvalue weighted by Crippen LogP contribution is -2.21. The number of anilines is 1. The maximum Gasteiger partial charge on any atom is 0.231 e. The van der Waals surface area contributed by atoms with Crippen molar-refractivity contribution >= 4 is 28.9 Å². The molecule has 0 aliphatic carbocycles. The van der Waals surface area contributed by atoms with Crippen LogP contribution in [0.25, 0.3) is 0 Å². The van der Waals surface area contributed by atoms with Crippen LogP contribution in [0.5, 0.6) is 0 Å². The van der Waals surface area contributed by atoms with Crippen molar-refractivity contribution in [2.75, 3.05) is 5.32 Å². The third-order valence-electron chi connectivity index (χ3n) is 3.34. The Morgan fingerprint density at radius 3 is 2.64 bits per heavy atom. The Bertz CT molecular complexity index is 722. The Kier molecular flexibility index (Phi) is 4.92. The third-order valence-corrected chi connectivity index (χ3v) is 4.48. The summed E-state index contributed by atoms with van der Waals surface area (Å²) < 4.78 is 0. The van der Waals surface area contributed by atoms with Crippen molar-refractivity contribution in [3.05, 3.63) is 44.9 Å². The molecule has 0 fully saturated rings. The molecule has 0 aliphatic heterocycles. The number of aromatic carboxylic acids is 1. The van der Waals surface area contributed by atoms with Gasteiger partial charge in [-0.1, -0.05) is 25.1 Å². The molecule has 0 aliphatic rings. The second kappa shape index (κ2) is 6.70. The highest BCUT2D eigenvalue weighted by atomic mass is 32.1. The average molecular weight is 317 g/mol. The van der Waals surface area contributed by atoms with Gasteiger partial charge in [0.2, 0.25) is 5.91 Å². The number of carbonyl (C=O) groups excluding carboxylic acids is 2. The maximum absolute atomic E-state index is 12.2. The molecule has 1 N–H and O–H groups in total. The van der Waals surface area contributed by atoms with Gasteiger partial charge in [-0.25, -0.2) is 4.98 Å². The van der Waals surface area contributed by atoms with Gasteiger partial charge in [-0.3, -0.25) is 4.79 Å². The number of hydrogen-bond donors (Lipinski definition) is 1. The molecule has 0 spiro atoms. The Labute approximate surface area is 133 Å². The molecule has 0 radical (unpaired) electrons. The molecule has 1 amide bonds. The van der Waals surface area contributed by atoms with Gasteiger partial charge in [0.15, 0.2) is 0 Å². The number of nitrogens with one attached hydrogen (secondary N) is 1. The van der Waals surface area contributed by atoms with E-state index in [1.54, 1.807) is 6.92 Å². The van der Waals surface area contributed by atoms with E-state index in [1.807, 2.05) is 32.0 Å². The summed E-state index contributed by atoms with van der Waals surface area (Å²) in [5.74, 6) is -1.46. The first-order valence-electron chi connectivity index (χ1n) is 6.98. The Morgan fingerprint density at radius 2 is 2.05 bits per heavy atom. The summed E-state index contributed by atoms with van der Waals surface area (Å²) in [5.41, 5.74) is 3.28. The zero-order chi connectivity index (χ0) is 16.3. The lowest BCUT2D eigenvalue weighted by Gasteiger charge is -2.12. The van der Waals surface area contributed by atoms with Crippen LogP contribution in [0, 0.1) is 13.8 Å². The topological polar surface area (TPSA) is 82.1 Å². The molecule has 1 aromatic carbocycles. The minimum absolute atomic E-state index is 0.0519. The number of carbonyl (C=O) groups is 2. The number of rotatable bonds is 5. The van der Waals surface area contributed by atoms with Gasteiger partial charge in [0, 0.05) is 5.69 Å². The number of para-hydroxylation sites is 1. The number of benzene rings is 1. The number of aryl methyl sites for hydroxylation is 3. The largest absolute Gasteiger partial charge is 0.544 e.